The van der Waals surface area contributed by atoms with Crippen molar-refractivity contribution in [2.24, 2.45) is 0 Å². The van der Waals surface area contributed by atoms with E-state index in [4.69, 9.17) is 14.6 Å². The topological polar surface area (TPSA) is 38.7 Å². The monoisotopic (exact) mass is 366 g/mol. The molecule has 0 aromatic heterocycles. The molecule has 1 aromatic carbocycles. The third-order valence-electron chi connectivity index (χ3n) is 1.63. The fourth-order valence-corrected chi connectivity index (χ4v) is 0.927. The van der Waals surface area contributed by atoms with Crippen LogP contribution in [0.1, 0.15) is 6.42 Å². The van der Waals surface area contributed by atoms with Crippen molar-refractivity contribution in [2.75, 3.05) is 20.3 Å². The first-order chi connectivity index (χ1) is 6.36. The molecule has 0 heterocycles. The van der Waals surface area contributed by atoms with E-state index in [1.165, 1.54) is 0 Å². The van der Waals surface area contributed by atoms with Gasteiger partial charge in [-0.3, -0.25) is 0 Å². The first kappa shape index (κ1) is 13.5. The SMILES string of the molecule is COc1ccc(OCCCO)cc1.[W]. The number of benzene rings is 1. The van der Waals surface area contributed by atoms with E-state index >= 15 is 0 Å². The van der Waals surface area contributed by atoms with Crippen LogP contribution in [0.2, 0.25) is 0 Å². The molecule has 0 radical (unpaired) electrons. The van der Waals surface area contributed by atoms with Crippen molar-refractivity contribution >= 4 is 0 Å². The Morgan fingerprint density at radius 1 is 1.14 bits per heavy atom. The average Bonchev–Trinajstić information content (AvgIpc) is 2.19. The molecule has 0 aliphatic carbocycles. The average molecular weight is 366 g/mol. The minimum Gasteiger partial charge on any atom is -0.497 e. The molecule has 78 valence electrons. The Morgan fingerprint density at radius 2 is 1.71 bits per heavy atom. The maximum absolute atomic E-state index is 8.53. The summed E-state index contributed by atoms with van der Waals surface area (Å²) < 4.78 is 10.3. The molecule has 1 aromatic rings. The summed E-state index contributed by atoms with van der Waals surface area (Å²) in [6, 6.07) is 7.37. The fourth-order valence-electron chi connectivity index (χ4n) is 0.927. The van der Waals surface area contributed by atoms with Crippen LogP contribution in [0.3, 0.4) is 0 Å². The number of rotatable bonds is 5. The predicted molar refractivity (Wildman–Crippen MR) is 50.2 cm³/mol. The maximum Gasteiger partial charge on any atom is 0.119 e. The molecule has 1 N–H and O–H groups in total. The molecular formula is C10H14O3W. The molecule has 0 unspecified atom stereocenters. The van der Waals surface area contributed by atoms with Crippen molar-refractivity contribution in [3.63, 3.8) is 0 Å². The normalized spacial score (nSPS) is 9.00. The number of aliphatic hydroxyl groups excluding tert-OH is 1. The molecule has 14 heavy (non-hydrogen) atoms. The van der Waals surface area contributed by atoms with Crippen LogP contribution in [0.15, 0.2) is 24.3 Å². The van der Waals surface area contributed by atoms with Crippen LogP contribution in [-0.4, -0.2) is 25.4 Å². The van der Waals surface area contributed by atoms with E-state index in [2.05, 4.69) is 0 Å². The third kappa shape index (κ3) is 4.63. The van der Waals surface area contributed by atoms with Crippen LogP contribution in [0, 0.1) is 0 Å². The summed E-state index contributed by atoms with van der Waals surface area (Å²) in [6.45, 7) is 0.707. The van der Waals surface area contributed by atoms with E-state index in [1.54, 1.807) is 7.11 Å². The molecule has 0 saturated carbocycles. The van der Waals surface area contributed by atoms with E-state index in [-0.39, 0.29) is 27.7 Å². The summed E-state index contributed by atoms with van der Waals surface area (Å²) in [5.74, 6) is 1.61. The third-order valence-corrected chi connectivity index (χ3v) is 1.63. The summed E-state index contributed by atoms with van der Waals surface area (Å²) in [7, 11) is 1.63. The van der Waals surface area contributed by atoms with Crippen molar-refractivity contribution in [1.82, 2.24) is 0 Å². The smallest absolute Gasteiger partial charge is 0.119 e. The van der Waals surface area contributed by atoms with Gasteiger partial charge in [0.2, 0.25) is 0 Å². The standard InChI is InChI=1S/C10H14O3.W/c1-12-9-3-5-10(6-4-9)13-8-2-7-11;/h3-6,11H,2,7-8H2,1H3;. The first-order valence-corrected chi connectivity index (χ1v) is 4.24. The van der Waals surface area contributed by atoms with Gasteiger partial charge in [0, 0.05) is 34.1 Å². The zero-order valence-corrected chi connectivity index (χ0v) is 11.0. The van der Waals surface area contributed by atoms with Crippen LogP contribution in [0.4, 0.5) is 0 Å². The van der Waals surface area contributed by atoms with Crippen LogP contribution >= 0.6 is 0 Å². The van der Waals surface area contributed by atoms with E-state index in [9.17, 15) is 0 Å². The summed E-state index contributed by atoms with van der Waals surface area (Å²) in [4.78, 5) is 0. The summed E-state index contributed by atoms with van der Waals surface area (Å²) in [5.41, 5.74) is 0. The molecule has 0 atom stereocenters. The van der Waals surface area contributed by atoms with E-state index in [0.717, 1.165) is 11.5 Å². The van der Waals surface area contributed by atoms with Crippen LogP contribution in [0.25, 0.3) is 0 Å². The van der Waals surface area contributed by atoms with Crippen LogP contribution < -0.4 is 9.47 Å². The van der Waals surface area contributed by atoms with E-state index in [0.29, 0.717) is 13.0 Å². The van der Waals surface area contributed by atoms with Gasteiger partial charge >= 0.3 is 0 Å². The summed E-state index contributed by atoms with van der Waals surface area (Å²) >= 11 is 0. The second kappa shape index (κ2) is 7.83. The Bertz CT molecular complexity index is 236. The maximum atomic E-state index is 8.53. The Labute approximate surface area is 98.3 Å². The van der Waals surface area contributed by atoms with Gasteiger partial charge < -0.3 is 14.6 Å². The van der Waals surface area contributed by atoms with Gasteiger partial charge in [-0.2, -0.15) is 0 Å². The number of ether oxygens (including phenoxy) is 2. The van der Waals surface area contributed by atoms with Crippen molar-refractivity contribution < 1.29 is 35.6 Å². The van der Waals surface area contributed by atoms with Gasteiger partial charge in [0.15, 0.2) is 0 Å². The zero-order valence-electron chi connectivity index (χ0n) is 8.10. The molecule has 4 heteroatoms. The van der Waals surface area contributed by atoms with Gasteiger partial charge in [0.1, 0.15) is 11.5 Å². The number of hydrogen-bond donors (Lipinski definition) is 1. The van der Waals surface area contributed by atoms with Gasteiger partial charge in [0.05, 0.1) is 13.7 Å². The van der Waals surface area contributed by atoms with E-state index < -0.39 is 0 Å². The summed E-state index contributed by atoms with van der Waals surface area (Å²) in [5, 5.41) is 8.53. The molecule has 0 saturated heterocycles. The molecule has 1 rings (SSSR count). The van der Waals surface area contributed by atoms with Gasteiger partial charge in [-0.25, -0.2) is 0 Å². The van der Waals surface area contributed by atoms with Crippen molar-refractivity contribution in [2.45, 2.75) is 6.42 Å². The minimum absolute atomic E-state index is 0. The van der Waals surface area contributed by atoms with Gasteiger partial charge in [-0.1, -0.05) is 0 Å². The second-order valence-electron chi connectivity index (χ2n) is 2.60. The predicted octanol–water partition coefficient (Wildman–Crippen LogP) is 1.45. The Kier molecular flexibility index (Phi) is 7.54. The number of methoxy groups -OCH3 is 1. The van der Waals surface area contributed by atoms with Gasteiger partial charge in [0.25, 0.3) is 0 Å². The van der Waals surface area contributed by atoms with Gasteiger partial charge in [-0.15, -0.1) is 0 Å². The molecule has 0 aliphatic rings. The molecule has 0 bridgehead atoms. The molecule has 0 amide bonds. The van der Waals surface area contributed by atoms with E-state index in [1.807, 2.05) is 24.3 Å². The van der Waals surface area contributed by atoms with Crippen molar-refractivity contribution in [3.8, 4) is 11.5 Å². The number of hydrogen-bond acceptors (Lipinski definition) is 3. The second-order valence-corrected chi connectivity index (χ2v) is 2.60. The fraction of sp³-hybridized carbons (Fsp3) is 0.400. The van der Waals surface area contributed by atoms with Crippen LogP contribution in [0.5, 0.6) is 11.5 Å². The zero-order chi connectivity index (χ0) is 9.52. The largest absolute Gasteiger partial charge is 0.497 e. The summed E-state index contributed by atoms with van der Waals surface area (Å²) in [6.07, 6.45) is 0.659. The molecule has 0 fully saturated rings. The molecular weight excluding hydrogens is 352 g/mol. The molecule has 0 spiro atoms. The van der Waals surface area contributed by atoms with Crippen LogP contribution in [-0.2, 0) is 21.1 Å². The molecule has 3 nitrogen and oxygen atoms in total. The van der Waals surface area contributed by atoms with Crippen molar-refractivity contribution in [3.05, 3.63) is 24.3 Å². The Morgan fingerprint density at radius 3 is 2.21 bits per heavy atom. The Hall–Kier alpha value is -0.532. The first-order valence-electron chi connectivity index (χ1n) is 4.24. The van der Waals surface area contributed by atoms with Crippen molar-refractivity contribution in [1.29, 1.82) is 0 Å². The quantitative estimate of drug-likeness (QED) is 0.803. The van der Waals surface area contributed by atoms with Gasteiger partial charge in [-0.05, 0) is 24.3 Å². The minimum atomic E-state index is 0. The molecule has 0 aliphatic heterocycles. The Balaban J connectivity index is 0.00000169. The number of aliphatic hydroxyl groups is 1.